The zero-order chi connectivity index (χ0) is 10.6. The molecule has 1 N–H and O–H groups in total. The first-order valence-corrected chi connectivity index (χ1v) is 14.2. The summed E-state index contributed by atoms with van der Waals surface area (Å²) in [6.45, 7) is 3.70. The van der Waals surface area contributed by atoms with Crippen molar-refractivity contribution in [2.24, 2.45) is 5.92 Å². The van der Waals surface area contributed by atoms with Crippen molar-refractivity contribution in [1.82, 2.24) is 0 Å². The summed E-state index contributed by atoms with van der Waals surface area (Å²) in [5.74, 6) is -0.889. The number of aliphatic hydroxyl groups is 1. The topological polar surface area (TPSA) is 46.5 Å². The van der Waals surface area contributed by atoms with Crippen molar-refractivity contribution in [2.75, 3.05) is 13.7 Å². The molecule has 0 rings (SSSR count). The van der Waals surface area contributed by atoms with Crippen LogP contribution in [0.5, 0.6) is 0 Å². The number of carbonyl (C=O) groups excluding carboxylic acids is 1. The Labute approximate surface area is 83.7 Å². The Morgan fingerprint density at radius 2 is 2.00 bits per heavy atom. The second kappa shape index (κ2) is 5.00. The van der Waals surface area contributed by atoms with Gasteiger partial charge in [0.2, 0.25) is 0 Å². The Morgan fingerprint density at radius 3 is 2.23 bits per heavy atom. The monoisotopic (exact) mass is 294 g/mol. The van der Waals surface area contributed by atoms with E-state index < -0.39 is 24.3 Å². The SMILES string of the molecule is C=[C](C(CO)C(=O)OC)[Sn]([CH3])([CH3])[CH3]. The molecular weight excluding hydrogens is 275 g/mol. The number of methoxy groups -OCH3 is 1. The molecule has 0 saturated carbocycles. The summed E-state index contributed by atoms with van der Waals surface area (Å²) in [7, 11) is 1.33. The van der Waals surface area contributed by atoms with Crippen LogP contribution in [0.25, 0.3) is 0 Å². The number of hydrogen-bond donors (Lipinski definition) is 1. The normalized spacial score (nSPS) is 13.6. The molecule has 0 heterocycles. The van der Waals surface area contributed by atoms with E-state index in [1.165, 1.54) is 7.11 Å². The summed E-state index contributed by atoms with van der Waals surface area (Å²) in [6, 6.07) is 0. The fourth-order valence-corrected chi connectivity index (χ4v) is 4.57. The van der Waals surface area contributed by atoms with Crippen molar-refractivity contribution in [3.05, 3.63) is 10.2 Å². The van der Waals surface area contributed by atoms with Gasteiger partial charge in [-0.3, -0.25) is 0 Å². The van der Waals surface area contributed by atoms with Gasteiger partial charge in [0.15, 0.2) is 0 Å². The van der Waals surface area contributed by atoms with Crippen molar-refractivity contribution in [3.8, 4) is 0 Å². The van der Waals surface area contributed by atoms with Gasteiger partial charge < -0.3 is 0 Å². The quantitative estimate of drug-likeness (QED) is 0.626. The zero-order valence-electron chi connectivity index (χ0n) is 8.76. The maximum absolute atomic E-state index is 11.2. The first-order chi connectivity index (χ1) is 5.84. The van der Waals surface area contributed by atoms with Gasteiger partial charge in [0, 0.05) is 0 Å². The number of rotatable bonds is 4. The van der Waals surface area contributed by atoms with E-state index in [2.05, 4.69) is 26.1 Å². The van der Waals surface area contributed by atoms with Crippen LogP contribution in [-0.4, -0.2) is 43.2 Å². The maximum atomic E-state index is 11.2. The molecule has 13 heavy (non-hydrogen) atoms. The molecule has 3 nitrogen and oxygen atoms in total. The van der Waals surface area contributed by atoms with Crippen LogP contribution in [0.3, 0.4) is 0 Å². The van der Waals surface area contributed by atoms with Gasteiger partial charge in [-0.15, -0.1) is 0 Å². The third-order valence-electron chi connectivity index (χ3n) is 2.05. The summed E-state index contributed by atoms with van der Waals surface area (Å²) < 4.78 is 5.50. The molecule has 0 aliphatic rings. The van der Waals surface area contributed by atoms with E-state index in [1.807, 2.05) is 0 Å². The number of esters is 1. The minimum atomic E-state index is -2.29. The number of ether oxygens (including phenoxy) is 1. The number of carbonyl (C=O) groups is 1. The van der Waals surface area contributed by atoms with Crippen molar-refractivity contribution in [2.45, 2.75) is 14.8 Å². The predicted octanol–water partition coefficient (Wildman–Crippen LogP) is 1.20. The summed E-state index contributed by atoms with van der Waals surface area (Å²) in [4.78, 5) is 17.7. The fourth-order valence-electron chi connectivity index (χ4n) is 0.992. The van der Waals surface area contributed by atoms with Crippen molar-refractivity contribution < 1.29 is 14.6 Å². The van der Waals surface area contributed by atoms with E-state index >= 15 is 0 Å². The molecule has 0 aromatic carbocycles. The van der Waals surface area contributed by atoms with Gasteiger partial charge in [-0.2, -0.15) is 0 Å². The van der Waals surface area contributed by atoms with Gasteiger partial charge in [0.1, 0.15) is 0 Å². The molecule has 0 aromatic rings. The van der Waals surface area contributed by atoms with Crippen molar-refractivity contribution >= 4 is 24.3 Å². The third kappa shape index (κ3) is 3.68. The molecule has 0 spiro atoms. The van der Waals surface area contributed by atoms with Gasteiger partial charge in [-0.05, 0) is 0 Å². The Kier molecular flexibility index (Phi) is 4.99. The molecule has 1 unspecified atom stereocenters. The summed E-state index contributed by atoms with van der Waals surface area (Å²) >= 11 is -2.29. The molecule has 0 aromatic heterocycles. The van der Waals surface area contributed by atoms with Crippen molar-refractivity contribution in [1.29, 1.82) is 0 Å². The van der Waals surface area contributed by atoms with Crippen molar-refractivity contribution in [3.63, 3.8) is 0 Å². The molecule has 4 heteroatoms. The molecule has 0 bridgehead atoms. The van der Waals surface area contributed by atoms with E-state index in [0.717, 1.165) is 3.59 Å². The standard InChI is InChI=1S/C6H9O3.3CH3.Sn/c1-3-5(4-7)6(8)9-2;;;;/h5,7H,1,4H2,2H3;3*1H3;. The van der Waals surface area contributed by atoms with E-state index in [9.17, 15) is 4.79 Å². The van der Waals surface area contributed by atoms with Crippen LogP contribution >= 0.6 is 0 Å². The van der Waals surface area contributed by atoms with Crippen LogP contribution in [0.1, 0.15) is 0 Å². The second-order valence-electron chi connectivity index (χ2n) is 4.03. The first-order valence-electron chi connectivity index (χ1n) is 4.22. The van der Waals surface area contributed by atoms with Crippen LogP contribution in [-0.2, 0) is 9.53 Å². The second-order valence-corrected chi connectivity index (χ2v) is 18.7. The van der Waals surface area contributed by atoms with E-state index in [-0.39, 0.29) is 12.6 Å². The molecule has 76 valence electrons. The van der Waals surface area contributed by atoms with Crippen LogP contribution in [0, 0.1) is 5.92 Å². The third-order valence-corrected chi connectivity index (χ3v) is 8.55. The van der Waals surface area contributed by atoms with Crippen LogP contribution in [0.4, 0.5) is 0 Å². The first kappa shape index (κ1) is 13.0. The van der Waals surface area contributed by atoms with Gasteiger partial charge in [0.25, 0.3) is 0 Å². The van der Waals surface area contributed by atoms with Gasteiger partial charge >= 0.3 is 83.6 Å². The molecule has 1 atom stereocenters. The molecule has 0 amide bonds. The Morgan fingerprint density at radius 1 is 1.54 bits per heavy atom. The van der Waals surface area contributed by atoms with E-state index in [0.29, 0.717) is 0 Å². The molecule has 0 saturated heterocycles. The minimum absolute atomic E-state index is 0.195. The van der Waals surface area contributed by atoms with Gasteiger partial charge in [-0.25, -0.2) is 0 Å². The number of hydrogen-bond acceptors (Lipinski definition) is 3. The zero-order valence-corrected chi connectivity index (χ0v) is 11.6. The average molecular weight is 293 g/mol. The Bertz CT molecular complexity index is 205. The van der Waals surface area contributed by atoms with Crippen LogP contribution in [0.15, 0.2) is 10.2 Å². The Hall–Kier alpha value is -0.0313. The number of aliphatic hydroxyl groups excluding tert-OH is 1. The predicted molar refractivity (Wildman–Crippen MR) is 55.1 cm³/mol. The summed E-state index contributed by atoms with van der Waals surface area (Å²) in [6.07, 6.45) is 0. The average Bonchev–Trinajstić information content (AvgIpc) is 2.03. The summed E-state index contributed by atoms with van der Waals surface area (Å²) in [5, 5.41) is 9.03. The molecule has 0 aliphatic carbocycles. The van der Waals surface area contributed by atoms with Gasteiger partial charge in [0.05, 0.1) is 0 Å². The molecule has 0 radical (unpaired) electrons. The van der Waals surface area contributed by atoms with Gasteiger partial charge in [-0.1, -0.05) is 0 Å². The molecule has 0 fully saturated rings. The fraction of sp³-hybridized carbons (Fsp3) is 0.667. The van der Waals surface area contributed by atoms with Crippen LogP contribution in [0.2, 0.25) is 14.8 Å². The van der Waals surface area contributed by atoms with Crippen LogP contribution < -0.4 is 0 Å². The summed E-state index contributed by atoms with van der Waals surface area (Å²) in [5.41, 5.74) is 0. The Balaban J connectivity index is 4.60. The van der Waals surface area contributed by atoms with E-state index in [4.69, 9.17) is 5.11 Å². The molecule has 0 aliphatic heterocycles. The van der Waals surface area contributed by atoms with E-state index in [1.54, 1.807) is 0 Å². The molecular formula is C9H18O3Sn.